The molecule has 2 rings (SSSR count). The van der Waals surface area contributed by atoms with Crippen LogP contribution in [0.15, 0.2) is 30.5 Å². The van der Waals surface area contributed by atoms with Gasteiger partial charge < -0.3 is 10.4 Å². The van der Waals surface area contributed by atoms with Gasteiger partial charge in [-0.15, -0.1) is 0 Å². The van der Waals surface area contributed by atoms with Crippen molar-refractivity contribution >= 4 is 11.9 Å². The van der Waals surface area contributed by atoms with Gasteiger partial charge in [-0.25, -0.2) is 9.07 Å². The van der Waals surface area contributed by atoms with Gasteiger partial charge in [0.25, 0.3) is 5.91 Å². The highest BCUT2D eigenvalue weighted by Gasteiger charge is 2.16. The number of rotatable bonds is 7. The van der Waals surface area contributed by atoms with Gasteiger partial charge in [-0.1, -0.05) is 12.1 Å². The Bertz CT molecular complexity index is 712. The molecule has 0 bridgehead atoms. The number of carbonyl (C=O) groups is 2. The number of amides is 1. The number of benzene rings is 1. The molecular formula is C16H18FN3O3. The summed E-state index contributed by atoms with van der Waals surface area (Å²) in [6, 6.07) is 6.20. The zero-order chi connectivity index (χ0) is 16.8. The van der Waals surface area contributed by atoms with Gasteiger partial charge in [0, 0.05) is 13.0 Å². The lowest BCUT2D eigenvalue weighted by Crippen LogP contribution is -2.25. The van der Waals surface area contributed by atoms with E-state index in [9.17, 15) is 14.0 Å². The van der Waals surface area contributed by atoms with Gasteiger partial charge in [-0.2, -0.15) is 5.10 Å². The molecule has 0 aliphatic carbocycles. The molecule has 0 unspecified atom stereocenters. The molecule has 0 radical (unpaired) electrons. The normalized spacial score (nSPS) is 10.5. The zero-order valence-corrected chi connectivity index (χ0v) is 12.8. The molecular weight excluding hydrogens is 301 g/mol. The molecule has 23 heavy (non-hydrogen) atoms. The van der Waals surface area contributed by atoms with Crippen molar-refractivity contribution in [1.82, 2.24) is 15.1 Å². The molecule has 0 fully saturated rings. The number of hydrogen-bond donors (Lipinski definition) is 2. The molecule has 6 nitrogen and oxygen atoms in total. The van der Waals surface area contributed by atoms with E-state index < -0.39 is 11.8 Å². The van der Waals surface area contributed by atoms with Gasteiger partial charge in [0.05, 0.1) is 17.5 Å². The first-order chi connectivity index (χ1) is 11.0. The average Bonchev–Trinajstić information content (AvgIpc) is 2.88. The number of unbranched alkanes of at least 4 members (excludes halogenated alkanes) is 1. The number of aliphatic carboxylic acids is 1. The maximum absolute atomic E-state index is 13.8. The summed E-state index contributed by atoms with van der Waals surface area (Å²) in [5.74, 6) is -1.57. The second-order valence-corrected chi connectivity index (χ2v) is 5.11. The van der Waals surface area contributed by atoms with Gasteiger partial charge >= 0.3 is 5.97 Å². The summed E-state index contributed by atoms with van der Waals surface area (Å²) in [5.41, 5.74) is 1.19. The quantitative estimate of drug-likeness (QED) is 0.767. The van der Waals surface area contributed by atoms with E-state index in [2.05, 4.69) is 10.4 Å². The van der Waals surface area contributed by atoms with Crippen LogP contribution in [0.25, 0.3) is 5.69 Å². The number of aromatic nitrogens is 2. The van der Waals surface area contributed by atoms with Crippen molar-refractivity contribution < 1.29 is 19.1 Å². The van der Waals surface area contributed by atoms with Crippen LogP contribution in [0.1, 0.15) is 35.3 Å². The number of hydrogen-bond acceptors (Lipinski definition) is 3. The van der Waals surface area contributed by atoms with Gasteiger partial charge in [-0.3, -0.25) is 9.59 Å². The summed E-state index contributed by atoms with van der Waals surface area (Å²) in [6.45, 7) is 2.08. The van der Waals surface area contributed by atoms with Crippen molar-refractivity contribution in [3.05, 3.63) is 47.5 Å². The van der Waals surface area contributed by atoms with E-state index in [1.54, 1.807) is 25.1 Å². The predicted octanol–water partition coefficient (Wildman–Crippen LogP) is 2.30. The Morgan fingerprint density at radius 3 is 2.74 bits per heavy atom. The first kappa shape index (κ1) is 16.7. The predicted molar refractivity (Wildman–Crippen MR) is 82.1 cm³/mol. The van der Waals surface area contributed by atoms with E-state index >= 15 is 0 Å². The van der Waals surface area contributed by atoms with Crippen LogP contribution < -0.4 is 5.32 Å². The van der Waals surface area contributed by atoms with Gasteiger partial charge in [0.1, 0.15) is 11.5 Å². The molecule has 1 amide bonds. The Labute approximate surface area is 132 Å². The smallest absolute Gasteiger partial charge is 0.303 e. The number of nitrogens with one attached hydrogen (secondary N) is 1. The van der Waals surface area contributed by atoms with Gasteiger partial charge in [-0.05, 0) is 31.9 Å². The number of nitrogens with zero attached hydrogens (tertiary/aromatic N) is 2. The largest absolute Gasteiger partial charge is 0.481 e. The highest BCUT2D eigenvalue weighted by atomic mass is 19.1. The van der Waals surface area contributed by atoms with Crippen LogP contribution >= 0.6 is 0 Å². The minimum atomic E-state index is -0.849. The summed E-state index contributed by atoms with van der Waals surface area (Å²) in [7, 11) is 0. The molecule has 0 aliphatic heterocycles. The standard InChI is InChI=1S/C16H18FN3O3/c1-11-12(16(23)18-9-5-4-8-15(21)22)10-19-20(11)14-7-3-2-6-13(14)17/h2-3,6-7,10H,4-5,8-9H2,1H3,(H,18,23)(H,21,22). The number of carbonyl (C=O) groups excluding carboxylic acids is 1. The minimum Gasteiger partial charge on any atom is -0.481 e. The highest BCUT2D eigenvalue weighted by Crippen LogP contribution is 2.16. The molecule has 7 heteroatoms. The summed E-state index contributed by atoms with van der Waals surface area (Å²) >= 11 is 0. The van der Waals surface area contributed by atoms with Crippen LogP contribution in [0.4, 0.5) is 4.39 Å². The fourth-order valence-corrected chi connectivity index (χ4v) is 2.20. The number of para-hydroxylation sites is 1. The molecule has 1 aromatic carbocycles. The van der Waals surface area contributed by atoms with E-state index in [1.165, 1.54) is 16.9 Å². The molecule has 2 N–H and O–H groups in total. The molecule has 1 heterocycles. The van der Waals surface area contributed by atoms with Crippen LogP contribution in [0, 0.1) is 12.7 Å². The van der Waals surface area contributed by atoms with Gasteiger partial charge in [0.15, 0.2) is 0 Å². The van der Waals surface area contributed by atoms with E-state index in [-0.39, 0.29) is 18.0 Å². The Balaban J connectivity index is 2.00. The van der Waals surface area contributed by atoms with Gasteiger partial charge in [0.2, 0.25) is 0 Å². The Kier molecular flexibility index (Phi) is 5.46. The van der Waals surface area contributed by atoms with Crippen LogP contribution in [-0.4, -0.2) is 33.3 Å². The maximum atomic E-state index is 13.8. The third kappa shape index (κ3) is 4.15. The zero-order valence-electron chi connectivity index (χ0n) is 12.8. The SMILES string of the molecule is Cc1c(C(=O)NCCCCC(=O)O)cnn1-c1ccccc1F. The fourth-order valence-electron chi connectivity index (χ4n) is 2.20. The monoisotopic (exact) mass is 319 g/mol. The molecule has 2 aromatic rings. The average molecular weight is 319 g/mol. The minimum absolute atomic E-state index is 0.0834. The Hall–Kier alpha value is -2.70. The van der Waals surface area contributed by atoms with Crippen molar-refractivity contribution in [3.63, 3.8) is 0 Å². The van der Waals surface area contributed by atoms with Crippen molar-refractivity contribution in [2.75, 3.05) is 6.54 Å². The summed E-state index contributed by atoms with van der Waals surface area (Å²) in [5, 5.41) is 15.3. The second kappa shape index (κ2) is 7.53. The fraction of sp³-hybridized carbons (Fsp3) is 0.312. The van der Waals surface area contributed by atoms with Crippen molar-refractivity contribution in [2.45, 2.75) is 26.2 Å². The first-order valence-electron chi connectivity index (χ1n) is 7.30. The summed E-state index contributed by atoms with van der Waals surface area (Å²) < 4.78 is 15.2. The molecule has 0 spiro atoms. The summed E-state index contributed by atoms with van der Waals surface area (Å²) in [4.78, 5) is 22.5. The van der Waals surface area contributed by atoms with Crippen molar-refractivity contribution in [2.24, 2.45) is 0 Å². The molecule has 0 atom stereocenters. The number of carboxylic acid groups (broad SMARTS) is 1. The molecule has 1 aromatic heterocycles. The van der Waals surface area contributed by atoms with Crippen LogP contribution in [-0.2, 0) is 4.79 Å². The Morgan fingerprint density at radius 1 is 1.30 bits per heavy atom. The maximum Gasteiger partial charge on any atom is 0.303 e. The lowest BCUT2D eigenvalue weighted by Gasteiger charge is -2.07. The highest BCUT2D eigenvalue weighted by molar-refractivity contribution is 5.95. The summed E-state index contributed by atoms with van der Waals surface area (Å²) in [6.07, 6.45) is 2.57. The Morgan fingerprint density at radius 2 is 2.04 bits per heavy atom. The topological polar surface area (TPSA) is 84.2 Å². The van der Waals surface area contributed by atoms with E-state index in [4.69, 9.17) is 5.11 Å². The lowest BCUT2D eigenvalue weighted by atomic mass is 10.2. The van der Waals surface area contributed by atoms with Crippen molar-refractivity contribution in [3.8, 4) is 5.69 Å². The number of carboxylic acids is 1. The van der Waals surface area contributed by atoms with Crippen molar-refractivity contribution in [1.29, 1.82) is 0 Å². The van der Waals surface area contributed by atoms with Crippen LogP contribution in [0.5, 0.6) is 0 Å². The van der Waals surface area contributed by atoms with E-state index in [0.717, 1.165) is 0 Å². The second-order valence-electron chi connectivity index (χ2n) is 5.11. The lowest BCUT2D eigenvalue weighted by molar-refractivity contribution is -0.137. The first-order valence-corrected chi connectivity index (χ1v) is 7.30. The molecule has 122 valence electrons. The van der Waals surface area contributed by atoms with E-state index in [0.29, 0.717) is 30.6 Å². The van der Waals surface area contributed by atoms with Crippen LogP contribution in [0.2, 0.25) is 0 Å². The third-order valence-corrected chi connectivity index (χ3v) is 3.44. The third-order valence-electron chi connectivity index (χ3n) is 3.44. The van der Waals surface area contributed by atoms with E-state index in [1.807, 2.05) is 0 Å². The molecule has 0 saturated heterocycles. The molecule has 0 aliphatic rings. The number of halogens is 1. The molecule has 0 saturated carbocycles. The van der Waals surface area contributed by atoms with Crippen LogP contribution in [0.3, 0.4) is 0 Å².